The molecule has 0 aliphatic heterocycles. The summed E-state index contributed by atoms with van der Waals surface area (Å²) in [6.07, 6.45) is 6.53. The smallest absolute Gasteiger partial charge is 0.408 e. The van der Waals surface area contributed by atoms with E-state index < -0.39 is 29.7 Å². The number of para-hydroxylation sites is 1. The number of hydrogen-bond donors (Lipinski definition) is 2. The summed E-state index contributed by atoms with van der Waals surface area (Å²) in [5, 5.41) is 5.57. The lowest BCUT2D eigenvalue weighted by Gasteiger charge is -2.34. The van der Waals surface area contributed by atoms with Crippen molar-refractivity contribution >= 4 is 23.6 Å². The molecule has 0 fully saturated rings. The highest BCUT2D eigenvalue weighted by Crippen LogP contribution is 2.28. The highest BCUT2D eigenvalue weighted by Gasteiger charge is 2.35. The van der Waals surface area contributed by atoms with E-state index in [-0.39, 0.29) is 5.91 Å². The van der Waals surface area contributed by atoms with Crippen LogP contribution < -0.4 is 10.6 Å². The summed E-state index contributed by atoms with van der Waals surface area (Å²) in [5.41, 5.74) is 1.88. The number of anilines is 1. The maximum Gasteiger partial charge on any atom is 0.408 e. The van der Waals surface area contributed by atoms with Crippen molar-refractivity contribution in [2.75, 3.05) is 11.9 Å². The summed E-state index contributed by atoms with van der Waals surface area (Å²) in [5.74, 6) is 1.84. The Morgan fingerprint density at radius 1 is 1.08 bits per heavy atom. The van der Waals surface area contributed by atoms with E-state index in [9.17, 15) is 14.4 Å². The number of hydrogen-bond acceptors (Lipinski definition) is 4. The van der Waals surface area contributed by atoms with E-state index in [1.54, 1.807) is 52.0 Å². The molecule has 7 heteroatoms. The third-order valence-corrected chi connectivity index (χ3v) is 5.51. The molecule has 0 heterocycles. The molecular formula is C29H37N3O4. The third-order valence-electron chi connectivity index (χ3n) is 5.51. The van der Waals surface area contributed by atoms with Crippen LogP contribution in [0.1, 0.15) is 70.2 Å². The summed E-state index contributed by atoms with van der Waals surface area (Å²) in [7, 11) is 0. The van der Waals surface area contributed by atoms with E-state index in [0.29, 0.717) is 29.8 Å². The van der Waals surface area contributed by atoms with Crippen molar-refractivity contribution in [1.82, 2.24) is 10.2 Å². The van der Waals surface area contributed by atoms with Crippen LogP contribution in [0.25, 0.3) is 0 Å². The van der Waals surface area contributed by atoms with Gasteiger partial charge in [0.1, 0.15) is 17.7 Å². The Bertz CT molecular complexity index is 1110. The van der Waals surface area contributed by atoms with Gasteiger partial charge in [-0.15, -0.1) is 6.42 Å². The van der Waals surface area contributed by atoms with Crippen LogP contribution in [0.2, 0.25) is 0 Å². The normalized spacial score (nSPS) is 12.6. The van der Waals surface area contributed by atoms with Gasteiger partial charge in [-0.25, -0.2) is 4.79 Å². The average Bonchev–Trinajstić information content (AvgIpc) is 2.81. The van der Waals surface area contributed by atoms with E-state index in [4.69, 9.17) is 11.2 Å². The lowest BCUT2D eigenvalue weighted by molar-refractivity contribution is -0.140. The molecule has 0 aliphatic carbocycles. The molecule has 192 valence electrons. The molecule has 0 aliphatic rings. The minimum Gasteiger partial charge on any atom is -0.444 e. The second kappa shape index (κ2) is 12.8. The number of amides is 3. The molecule has 0 saturated heterocycles. The first kappa shape index (κ1) is 28.4. The van der Waals surface area contributed by atoms with Crippen molar-refractivity contribution in [2.24, 2.45) is 0 Å². The van der Waals surface area contributed by atoms with E-state index in [1.807, 2.05) is 38.1 Å². The van der Waals surface area contributed by atoms with Gasteiger partial charge in [0.2, 0.25) is 5.91 Å². The summed E-state index contributed by atoms with van der Waals surface area (Å²) in [6, 6.07) is 12.6. The molecule has 0 radical (unpaired) electrons. The van der Waals surface area contributed by atoms with Crippen molar-refractivity contribution in [3.05, 3.63) is 65.2 Å². The molecule has 0 aromatic heterocycles. The Kier molecular flexibility index (Phi) is 10.1. The second-order valence-electron chi connectivity index (χ2n) is 9.69. The number of aryl methyl sites for hydroxylation is 1. The second-order valence-corrected chi connectivity index (χ2v) is 9.69. The van der Waals surface area contributed by atoms with Crippen LogP contribution in [0.4, 0.5) is 10.5 Å². The van der Waals surface area contributed by atoms with Gasteiger partial charge in [-0.3, -0.25) is 9.59 Å². The van der Waals surface area contributed by atoms with E-state index in [0.717, 1.165) is 12.0 Å². The number of carbonyl (C=O) groups is 3. The largest absolute Gasteiger partial charge is 0.444 e. The standard InChI is InChI=1S/C29H37N3O4/c1-8-10-19-32(27(34)21(4)30-28(35)36-29(5,6)7)25(23-17-13-12-16-22(23)9-2)26(33)31-24-18-14-11-15-20(24)3/h2,11-18,21,25H,8,10,19H2,1,3-7H3,(H,30,35)(H,31,33). The lowest BCUT2D eigenvalue weighted by Crippen LogP contribution is -2.51. The first-order chi connectivity index (χ1) is 17.0. The number of unbranched alkanes of at least 4 members (excludes halogenated alkanes) is 1. The quantitative estimate of drug-likeness (QED) is 0.472. The molecule has 2 N–H and O–H groups in total. The Hall–Kier alpha value is -3.79. The molecule has 0 spiro atoms. The monoisotopic (exact) mass is 491 g/mol. The fourth-order valence-electron chi connectivity index (χ4n) is 3.72. The third kappa shape index (κ3) is 7.88. The molecule has 0 saturated carbocycles. The van der Waals surface area contributed by atoms with Crippen molar-refractivity contribution in [3.8, 4) is 12.3 Å². The fourth-order valence-corrected chi connectivity index (χ4v) is 3.72. The maximum absolute atomic E-state index is 13.8. The summed E-state index contributed by atoms with van der Waals surface area (Å²) >= 11 is 0. The molecule has 3 amide bonds. The van der Waals surface area contributed by atoms with Gasteiger partial charge < -0.3 is 20.3 Å². The summed E-state index contributed by atoms with van der Waals surface area (Å²) in [6.45, 7) is 11.0. The molecule has 2 atom stereocenters. The zero-order valence-corrected chi connectivity index (χ0v) is 22.1. The van der Waals surface area contributed by atoms with Gasteiger partial charge in [-0.05, 0) is 64.3 Å². The van der Waals surface area contributed by atoms with E-state index in [1.165, 1.54) is 4.90 Å². The Balaban J connectivity index is 2.49. The number of terminal acetylenes is 1. The number of nitrogens with one attached hydrogen (secondary N) is 2. The Labute approximate surface area is 214 Å². The Morgan fingerprint density at radius 3 is 2.33 bits per heavy atom. The molecule has 2 unspecified atom stereocenters. The maximum atomic E-state index is 13.8. The van der Waals surface area contributed by atoms with Crippen molar-refractivity contribution in [2.45, 2.75) is 72.1 Å². The molecule has 36 heavy (non-hydrogen) atoms. The molecular weight excluding hydrogens is 454 g/mol. The van der Waals surface area contributed by atoms with Gasteiger partial charge in [-0.1, -0.05) is 55.7 Å². The first-order valence-corrected chi connectivity index (χ1v) is 12.2. The van der Waals surface area contributed by atoms with Crippen LogP contribution in [0, 0.1) is 19.3 Å². The summed E-state index contributed by atoms with van der Waals surface area (Å²) in [4.78, 5) is 41.4. The first-order valence-electron chi connectivity index (χ1n) is 12.2. The topological polar surface area (TPSA) is 87.7 Å². The van der Waals surface area contributed by atoms with Crippen LogP contribution >= 0.6 is 0 Å². The van der Waals surface area contributed by atoms with Gasteiger partial charge in [0.15, 0.2) is 0 Å². The average molecular weight is 492 g/mol. The van der Waals surface area contributed by atoms with Crippen LogP contribution in [0.3, 0.4) is 0 Å². The predicted octanol–water partition coefficient (Wildman–Crippen LogP) is 5.20. The van der Waals surface area contributed by atoms with Gasteiger partial charge in [0.05, 0.1) is 0 Å². The molecule has 0 bridgehead atoms. The molecule has 2 rings (SSSR count). The highest BCUT2D eigenvalue weighted by atomic mass is 16.6. The molecule has 2 aromatic rings. The van der Waals surface area contributed by atoms with Gasteiger partial charge >= 0.3 is 6.09 Å². The van der Waals surface area contributed by atoms with E-state index >= 15 is 0 Å². The van der Waals surface area contributed by atoms with E-state index in [2.05, 4.69) is 16.6 Å². The number of alkyl carbamates (subject to hydrolysis) is 1. The van der Waals surface area contributed by atoms with Crippen LogP contribution in [-0.4, -0.2) is 41.0 Å². The molecule has 7 nitrogen and oxygen atoms in total. The number of nitrogens with zero attached hydrogens (tertiary/aromatic N) is 1. The number of rotatable bonds is 9. The minimum absolute atomic E-state index is 0.306. The van der Waals surface area contributed by atoms with Crippen LogP contribution in [-0.2, 0) is 14.3 Å². The van der Waals surface area contributed by atoms with Gasteiger partial charge in [-0.2, -0.15) is 0 Å². The SMILES string of the molecule is C#Cc1ccccc1C(C(=O)Nc1ccccc1C)N(CCCC)C(=O)C(C)NC(=O)OC(C)(C)C. The van der Waals surface area contributed by atoms with Crippen LogP contribution in [0.5, 0.6) is 0 Å². The van der Waals surface area contributed by atoms with Gasteiger partial charge in [0.25, 0.3) is 5.91 Å². The zero-order valence-electron chi connectivity index (χ0n) is 22.1. The zero-order chi connectivity index (χ0) is 26.9. The Morgan fingerprint density at radius 2 is 1.72 bits per heavy atom. The van der Waals surface area contributed by atoms with Crippen LogP contribution in [0.15, 0.2) is 48.5 Å². The summed E-state index contributed by atoms with van der Waals surface area (Å²) < 4.78 is 5.31. The fraction of sp³-hybridized carbons (Fsp3) is 0.414. The van der Waals surface area contributed by atoms with Crippen molar-refractivity contribution in [1.29, 1.82) is 0 Å². The number of carbonyl (C=O) groups excluding carboxylic acids is 3. The molecule has 2 aromatic carbocycles. The number of ether oxygens (including phenoxy) is 1. The van der Waals surface area contributed by atoms with Crippen molar-refractivity contribution in [3.63, 3.8) is 0 Å². The lowest BCUT2D eigenvalue weighted by atomic mass is 9.97. The van der Waals surface area contributed by atoms with Crippen molar-refractivity contribution < 1.29 is 19.1 Å². The predicted molar refractivity (Wildman–Crippen MR) is 142 cm³/mol. The highest BCUT2D eigenvalue weighted by molar-refractivity contribution is 5.99. The van der Waals surface area contributed by atoms with Gasteiger partial charge in [0, 0.05) is 17.8 Å². The minimum atomic E-state index is -1.00. The number of benzene rings is 2.